The van der Waals surface area contributed by atoms with Crippen molar-refractivity contribution in [2.75, 3.05) is 18.0 Å². The predicted molar refractivity (Wildman–Crippen MR) is 115 cm³/mol. The number of carboxylic acids is 1. The fraction of sp³-hybridized carbons (Fsp3) is 0.455. The molecule has 1 aromatic carbocycles. The zero-order valence-electron chi connectivity index (χ0n) is 18.1. The van der Waals surface area contributed by atoms with Gasteiger partial charge >= 0.3 is 12.1 Å². The molecule has 11 heteroatoms. The van der Waals surface area contributed by atoms with Gasteiger partial charge in [-0.1, -0.05) is 6.07 Å². The molecule has 2 aromatic rings. The van der Waals surface area contributed by atoms with E-state index in [2.05, 4.69) is 4.98 Å². The van der Waals surface area contributed by atoms with Gasteiger partial charge in [-0.15, -0.1) is 0 Å². The van der Waals surface area contributed by atoms with Gasteiger partial charge in [0.25, 0.3) is 0 Å². The maximum Gasteiger partial charge on any atom is 0.417 e. The lowest BCUT2D eigenvalue weighted by Gasteiger charge is -2.44. The Morgan fingerprint density at radius 2 is 1.85 bits per heavy atom. The fourth-order valence-electron chi connectivity index (χ4n) is 4.63. The van der Waals surface area contributed by atoms with Crippen LogP contribution >= 0.6 is 0 Å². The summed E-state index contributed by atoms with van der Waals surface area (Å²) in [5.74, 6) is -1.33. The van der Waals surface area contributed by atoms with E-state index in [0.29, 0.717) is 24.2 Å². The Bertz CT molecular complexity index is 1170. The first kappa shape index (κ1) is 23.5. The van der Waals surface area contributed by atoms with Crippen LogP contribution in [-0.2, 0) is 27.4 Å². The van der Waals surface area contributed by atoms with E-state index in [0.717, 1.165) is 17.8 Å². The molecule has 0 radical (unpaired) electrons. The van der Waals surface area contributed by atoms with Gasteiger partial charge in [0.2, 0.25) is 10.0 Å². The number of fused-ring (bicyclic) bond motifs is 1. The predicted octanol–water partition coefficient (Wildman–Crippen LogP) is 3.50. The molecule has 33 heavy (non-hydrogen) atoms. The van der Waals surface area contributed by atoms with Crippen molar-refractivity contribution in [3.8, 4) is 0 Å². The van der Waals surface area contributed by atoms with Crippen LogP contribution in [0.3, 0.4) is 0 Å². The van der Waals surface area contributed by atoms with Crippen LogP contribution in [0.5, 0.6) is 0 Å². The van der Waals surface area contributed by atoms with Crippen molar-refractivity contribution in [2.24, 2.45) is 0 Å². The van der Waals surface area contributed by atoms with E-state index in [4.69, 9.17) is 0 Å². The van der Waals surface area contributed by atoms with Gasteiger partial charge in [0.05, 0.1) is 16.4 Å². The molecule has 0 bridgehead atoms. The summed E-state index contributed by atoms with van der Waals surface area (Å²) in [4.78, 5) is 17.3. The van der Waals surface area contributed by atoms with Crippen molar-refractivity contribution in [1.82, 2.24) is 9.29 Å². The van der Waals surface area contributed by atoms with Crippen LogP contribution in [0.15, 0.2) is 41.4 Å². The molecule has 0 saturated carbocycles. The second kappa shape index (κ2) is 8.28. The number of nitrogens with zero attached hydrogens (tertiary/aromatic N) is 3. The molecule has 1 aromatic heterocycles. The number of carbonyl (C=O) groups is 1. The van der Waals surface area contributed by atoms with Crippen LogP contribution < -0.4 is 4.90 Å². The molecule has 0 spiro atoms. The lowest BCUT2D eigenvalue weighted by Crippen LogP contribution is -2.59. The highest BCUT2D eigenvalue weighted by atomic mass is 32.2. The summed E-state index contributed by atoms with van der Waals surface area (Å²) < 4.78 is 66.7. The molecule has 1 N–H and O–H groups in total. The summed E-state index contributed by atoms with van der Waals surface area (Å²) in [6.45, 7) is 3.92. The average molecular weight is 484 g/mol. The Morgan fingerprint density at radius 3 is 2.45 bits per heavy atom. The van der Waals surface area contributed by atoms with Crippen molar-refractivity contribution >= 4 is 21.8 Å². The third kappa shape index (κ3) is 4.19. The van der Waals surface area contributed by atoms with Crippen LogP contribution in [0.2, 0.25) is 0 Å². The van der Waals surface area contributed by atoms with Crippen molar-refractivity contribution < 1.29 is 31.5 Å². The van der Waals surface area contributed by atoms with Gasteiger partial charge in [0, 0.05) is 31.4 Å². The standard InChI is InChI=1S/C22H24F3N3O4S/c1-13-14(2)28(10-9-27(13)20-8-5-16(12-26-20)22(23,24)25)33(31,32)17-6-3-15-4-7-18(21(29)30)19(15)11-17/h3,5-6,8,11-14,18H,4,7,9-10H2,1-2H3,(H,29,30). The summed E-state index contributed by atoms with van der Waals surface area (Å²) in [6, 6.07) is 6.09. The number of halogens is 3. The number of aliphatic carboxylic acids is 1. The van der Waals surface area contributed by atoms with Crippen LogP contribution in [0.1, 0.15) is 42.9 Å². The average Bonchev–Trinajstić information content (AvgIpc) is 3.18. The number of alkyl halides is 3. The summed E-state index contributed by atoms with van der Waals surface area (Å²) in [5, 5.41) is 9.44. The summed E-state index contributed by atoms with van der Waals surface area (Å²) in [5.41, 5.74) is 0.544. The minimum atomic E-state index is -4.48. The van der Waals surface area contributed by atoms with Crippen molar-refractivity contribution in [2.45, 2.75) is 55.8 Å². The minimum Gasteiger partial charge on any atom is -0.481 e. The third-order valence-electron chi connectivity index (χ3n) is 6.67. The maximum atomic E-state index is 13.4. The number of carboxylic acid groups (broad SMARTS) is 1. The molecule has 1 aliphatic carbocycles. The molecule has 1 saturated heterocycles. The molecule has 3 atom stereocenters. The van der Waals surface area contributed by atoms with Gasteiger partial charge in [-0.2, -0.15) is 17.5 Å². The maximum absolute atomic E-state index is 13.4. The van der Waals surface area contributed by atoms with E-state index < -0.39 is 39.7 Å². The van der Waals surface area contributed by atoms with Gasteiger partial charge in [0.15, 0.2) is 0 Å². The number of benzene rings is 1. The van der Waals surface area contributed by atoms with Gasteiger partial charge in [-0.25, -0.2) is 13.4 Å². The Morgan fingerprint density at radius 1 is 1.12 bits per heavy atom. The van der Waals surface area contributed by atoms with Crippen LogP contribution in [0.4, 0.5) is 19.0 Å². The quantitative estimate of drug-likeness (QED) is 0.716. The summed E-state index contributed by atoms with van der Waals surface area (Å²) >= 11 is 0. The molecule has 2 aliphatic rings. The Kier molecular flexibility index (Phi) is 5.90. The summed E-state index contributed by atoms with van der Waals surface area (Å²) in [6.07, 6.45) is -2.66. The second-order valence-electron chi connectivity index (χ2n) is 8.48. The van der Waals surface area contributed by atoms with E-state index >= 15 is 0 Å². The van der Waals surface area contributed by atoms with E-state index in [1.54, 1.807) is 24.8 Å². The highest BCUT2D eigenvalue weighted by Crippen LogP contribution is 2.36. The molecule has 1 aliphatic heterocycles. The van der Waals surface area contributed by atoms with Gasteiger partial charge < -0.3 is 10.0 Å². The fourth-order valence-corrected chi connectivity index (χ4v) is 6.36. The zero-order chi connectivity index (χ0) is 24.1. The number of aryl methyl sites for hydroxylation is 1. The first-order chi connectivity index (χ1) is 15.4. The SMILES string of the molecule is CC1C(C)N(S(=O)(=O)c2ccc3c(c2)C(C(=O)O)CC3)CCN1c1ccc(C(F)(F)F)cn1. The molecule has 3 unspecified atom stereocenters. The molecule has 4 rings (SSSR count). The number of rotatable bonds is 4. The van der Waals surface area contributed by atoms with E-state index in [1.807, 2.05) is 0 Å². The number of pyridine rings is 1. The van der Waals surface area contributed by atoms with Crippen molar-refractivity contribution in [1.29, 1.82) is 0 Å². The third-order valence-corrected chi connectivity index (χ3v) is 8.66. The highest BCUT2D eigenvalue weighted by molar-refractivity contribution is 7.89. The molecule has 178 valence electrons. The van der Waals surface area contributed by atoms with Crippen molar-refractivity contribution in [3.05, 3.63) is 53.2 Å². The zero-order valence-corrected chi connectivity index (χ0v) is 18.9. The molecular formula is C22H24F3N3O4S. The van der Waals surface area contributed by atoms with Crippen LogP contribution in [-0.4, -0.2) is 54.0 Å². The number of anilines is 1. The van der Waals surface area contributed by atoms with Crippen LogP contribution in [0.25, 0.3) is 0 Å². The molecule has 2 heterocycles. The molecule has 0 amide bonds. The lowest BCUT2D eigenvalue weighted by atomic mass is 10.0. The Hall–Kier alpha value is -2.66. The molecular weight excluding hydrogens is 459 g/mol. The van der Waals surface area contributed by atoms with Gasteiger partial charge in [-0.05, 0) is 62.1 Å². The van der Waals surface area contributed by atoms with E-state index in [9.17, 15) is 31.5 Å². The number of hydrogen-bond donors (Lipinski definition) is 1. The van der Waals surface area contributed by atoms with Crippen LogP contribution in [0, 0.1) is 0 Å². The minimum absolute atomic E-state index is 0.0505. The number of sulfonamides is 1. The topological polar surface area (TPSA) is 90.8 Å². The lowest BCUT2D eigenvalue weighted by molar-refractivity contribution is -0.139. The normalized spacial score (nSPS) is 24.0. The second-order valence-corrected chi connectivity index (χ2v) is 10.4. The Balaban J connectivity index is 1.57. The highest BCUT2D eigenvalue weighted by Gasteiger charge is 2.40. The number of aromatic nitrogens is 1. The van der Waals surface area contributed by atoms with E-state index in [1.165, 1.54) is 22.5 Å². The first-order valence-electron chi connectivity index (χ1n) is 10.6. The Labute approximate surface area is 189 Å². The number of hydrogen-bond acceptors (Lipinski definition) is 5. The molecule has 7 nitrogen and oxygen atoms in total. The number of piperazine rings is 1. The van der Waals surface area contributed by atoms with E-state index in [-0.39, 0.29) is 24.0 Å². The van der Waals surface area contributed by atoms with Gasteiger partial charge in [0.1, 0.15) is 5.82 Å². The summed E-state index contributed by atoms with van der Waals surface area (Å²) in [7, 11) is -3.90. The first-order valence-corrected chi connectivity index (χ1v) is 12.0. The molecule has 1 fully saturated rings. The van der Waals surface area contributed by atoms with Gasteiger partial charge in [-0.3, -0.25) is 4.79 Å². The largest absolute Gasteiger partial charge is 0.481 e. The van der Waals surface area contributed by atoms with Crippen molar-refractivity contribution in [3.63, 3.8) is 0 Å². The smallest absolute Gasteiger partial charge is 0.417 e. The monoisotopic (exact) mass is 483 g/mol.